The van der Waals surface area contributed by atoms with Gasteiger partial charge in [-0.25, -0.2) is 18.6 Å². The average molecular weight is 414 g/mol. The minimum absolute atomic E-state index is 0.0498. The fraction of sp³-hybridized carbons (Fsp3) is 0.294. The number of aromatic carboxylic acids is 1. The highest BCUT2D eigenvalue weighted by Gasteiger charge is 2.30. The molecule has 28 heavy (non-hydrogen) atoms. The van der Waals surface area contributed by atoms with Gasteiger partial charge < -0.3 is 14.7 Å². The summed E-state index contributed by atoms with van der Waals surface area (Å²) in [6.07, 6.45) is 0.388. The zero-order valence-corrected chi connectivity index (χ0v) is 15.0. The van der Waals surface area contributed by atoms with E-state index in [0.717, 1.165) is 18.2 Å². The minimum Gasteiger partial charge on any atom is -0.487 e. The Kier molecular flexibility index (Phi) is 5.59. The summed E-state index contributed by atoms with van der Waals surface area (Å²) in [6.45, 7) is 0.571. The van der Waals surface area contributed by atoms with Crippen LogP contribution in [0, 0.1) is 21.7 Å². The van der Waals surface area contributed by atoms with Crippen molar-refractivity contribution in [1.29, 1.82) is 0 Å². The summed E-state index contributed by atoms with van der Waals surface area (Å²) < 4.78 is 32.3. The molecule has 1 aromatic heterocycles. The number of aromatic nitrogens is 1. The van der Waals surface area contributed by atoms with Crippen LogP contribution in [0.2, 0.25) is 5.15 Å². The van der Waals surface area contributed by atoms with E-state index in [1.165, 1.54) is 6.07 Å². The number of carboxylic acid groups (broad SMARTS) is 1. The average Bonchev–Trinajstić information content (AvgIpc) is 2.63. The number of rotatable bonds is 5. The number of ether oxygens (including phenoxy) is 1. The fourth-order valence-electron chi connectivity index (χ4n) is 2.98. The molecule has 2 aromatic rings. The fourth-order valence-corrected chi connectivity index (χ4v) is 3.24. The largest absolute Gasteiger partial charge is 0.487 e. The molecule has 1 aliphatic heterocycles. The van der Waals surface area contributed by atoms with Gasteiger partial charge in [-0.2, -0.15) is 0 Å². The SMILES string of the molecule is O=C(O)c1cc(N2CCC(Oc3ccc(F)cc3F)CC2)c([N+](=O)[O-])c(Cl)n1. The van der Waals surface area contributed by atoms with Crippen molar-refractivity contribution in [2.24, 2.45) is 0 Å². The molecule has 0 spiro atoms. The Labute approximate surface area is 162 Å². The predicted octanol–water partition coefficient (Wildman–Crippen LogP) is 3.67. The maximum atomic E-state index is 13.7. The summed E-state index contributed by atoms with van der Waals surface area (Å²) in [5.41, 5.74) is -0.832. The number of hydrogen-bond acceptors (Lipinski definition) is 6. The molecule has 0 atom stereocenters. The molecule has 148 valence electrons. The van der Waals surface area contributed by atoms with E-state index in [1.807, 2.05) is 0 Å². The highest BCUT2D eigenvalue weighted by atomic mass is 35.5. The number of nitro groups is 1. The highest BCUT2D eigenvalue weighted by molar-refractivity contribution is 6.32. The number of hydrogen-bond donors (Lipinski definition) is 1. The van der Waals surface area contributed by atoms with Crippen molar-refractivity contribution in [2.75, 3.05) is 18.0 Å². The van der Waals surface area contributed by atoms with Crippen LogP contribution >= 0.6 is 11.6 Å². The molecule has 0 unspecified atom stereocenters. The molecule has 3 rings (SSSR count). The Morgan fingerprint density at radius 1 is 1.32 bits per heavy atom. The normalized spacial score (nSPS) is 14.8. The second kappa shape index (κ2) is 7.93. The van der Waals surface area contributed by atoms with Crippen molar-refractivity contribution < 1.29 is 28.3 Å². The first-order valence-corrected chi connectivity index (χ1v) is 8.59. The van der Waals surface area contributed by atoms with Gasteiger partial charge in [-0.3, -0.25) is 10.1 Å². The summed E-state index contributed by atoms with van der Waals surface area (Å²) in [5.74, 6) is -2.96. The van der Waals surface area contributed by atoms with Crippen molar-refractivity contribution >= 4 is 28.9 Å². The van der Waals surface area contributed by atoms with Crippen LogP contribution in [0.15, 0.2) is 24.3 Å². The number of anilines is 1. The van der Waals surface area contributed by atoms with Gasteiger partial charge in [-0.15, -0.1) is 0 Å². The monoisotopic (exact) mass is 413 g/mol. The Balaban J connectivity index is 1.77. The quantitative estimate of drug-likeness (QED) is 0.453. The highest BCUT2D eigenvalue weighted by Crippen LogP contribution is 2.36. The molecule has 0 amide bonds. The van der Waals surface area contributed by atoms with Crippen molar-refractivity contribution in [3.05, 3.63) is 56.9 Å². The number of benzene rings is 1. The number of carboxylic acids is 1. The molecule has 1 aliphatic rings. The standard InChI is InChI=1S/C17H14ClF2N3O5/c18-16-15(23(26)27)13(8-12(21-16)17(24)25)22-5-3-10(4-6-22)28-14-2-1-9(19)7-11(14)20/h1-2,7-8,10H,3-6H2,(H,24,25). The molecular weight excluding hydrogens is 400 g/mol. The Morgan fingerprint density at radius 2 is 2.00 bits per heavy atom. The summed E-state index contributed by atoms with van der Waals surface area (Å²) in [5, 5.41) is 20.0. The second-order valence-corrected chi connectivity index (χ2v) is 6.47. The van der Waals surface area contributed by atoms with Crippen LogP contribution in [-0.4, -0.2) is 40.2 Å². The molecule has 0 radical (unpaired) electrons. The van der Waals surface area contributed by atoms with Crippen molar-refractivity contribution in [3.63, 3.8) is 0 Å². The third kappa shape index (κ3) is 4.11. The molecule has 1 N–H and O–H groups in total. The zero-order chi connectivity index (χ0) is 20.4. The van der Waals surface area contributed by atoms with E-state index in [0.29, 0.717) is 12.8 Å². The molecule has 1 aromatic carbocycles. The first-order valence-electron chi connectivity index (χ1n) is 8.21. The van der Waals surface area contributed by atoms with Gasteiger partial charge in [0.2, 0.25) is 5.15 Å². The number of halogens is 3. The van der Waals surface area contributed by atoms with Crippen LogP contribution in [0.4, 0.5) is 20.2 Å². The molecule has 1 fully saturated rings. The Bertz CT molecular complexity index is 935. The lowest BCUT2D eigenvalue weighted by Gasteiger charge is -2.33. The summed E-state index contributed by atoms with van der Waals surface area (Å²) in [6, 6.07) is 4.11. The molecule has 0 bridgehead atoms. The van der Waals surface area contributed by atoms with Gasteiger partial charge in [0.25, 0.3) is 0 Å². The van der Waals surface area contributed by atoms with Gasteiger partial charge in [-0.1, -0.05) is 11.6 Å². The maximum absolute atomic E-state index is 13.7. The predicted molar refractivity (Wildman–Crippen MR) is 95.1 cm³/mol. The maximum Gasteiger partial charge on any atom is 0.354 e. The number of piperidine rings is 1. The van der Waals surface area contributed by atoms with E-state index in [4.69, 9.17) is 21.4 Å². The van der Waals surface area contributed by atoms with Crippen LogP contribution in [-0.2, 0) is 0 Å². The summed E-state index contributed by atoms with van der Waals surface area (Å²) in [4.78, 5) is 27.0. The third-order valence-corrected chi connectivity index (χ3v) is 4.57. The van der Waals surface area contributed by atoms with Crippen LogP contribution < -0.4 is 9.64 Å². The van der Waals surface area contributed by atoms with E-state index in [9.17, 15) is 23.7 Å². The van der Waals surface area contributed by atoms with E-state index in [2.05, 4.69) is 4.98 Å². The van der Waals surface area contributed by atoms with Gasteiger partial charge in [0, 0.05) is 38.1 Å². The van der Waals surface area contributed by atoms with Crippen molar-refractivity contribution in [1.82, 2.24) is 4.98 Å². The number of carbonyl (C=O) groups is 1. The first kappa shape index (κ1) is 19.7. The van der Waals surface area contributed by atoms with E-state index >= 15 is 0 Å². The Morgan fingerprint density at radius 3 is 2.57 bits per heavy atom. The van der Waals surface area contributed by atoms with Crippen LogP contribution in [0.25, 0.3) is 0 Å². The molecule has 0 saturated carbocycles. The number of pyridine rings is 1. The zero-order valence-electron chi connectivity index (χ0n) is 14.3. The van der Waals surface area contributed by atoms with Gasteiger partial charge >= 0.3 is 11.7 Å². The van der Waals surface area contributed by atoms with E-state index in [-0.39, 0.29) is 30.6 Å². The van der Waals surface area contributed by atoms with Crippen molar-refractivity contribution in [2.45, 2.75) is 18.9 Å². The molecule has 0 aliphatic carbocycles. The van der Waals surface area contributed by atoms with Gasteiger partial charge in [0.1, 0.15) is 17.6 Å². The van der Waals surface area contributed by atoms with Crippen LogP contribution in [0.1, 0.15) is 23.3 Å². The molecule has 11 heteroatoms. The summed E-state index contributed by atoms with van der Waals surface area (Å²) >= 11 is 5.82. The minimum atomic E-state index is -1.36. The topological polar surface area (TPSA) is 106 Å². The Hall–Kier alpha value is -3.01. The van der Waals surface area contributed by atoms with Gasteiger partial charge in [-0.05, 0) is 12.1 Å². The van der Waals surface area contributed by atoms with Gasteiger partial charge in [0.05, 0.1) is 4.92 Å². The smallest absolute Gasteiger partial charge is 0.354 e. The lowest BCUT2D eigenvalue weighted by atomic mass is 10.1. The lowest BCUT2D eigenvalue weighted by molar-refractivity contribution is -0.384. The molecular formula is C17H14ClF2N3O5. The van der Waals surface area contributed by atoms with E-state index < -0.39 is 39.1 Å². The van der Waals surface area contributed by atoms with Crippen LogP contribution in [0.5, 0.6) is 5.75 Å². The number of nitrogens with zero attached hydrogens (tertiary/aromatic N) is 3. The molecule has 1 saturated heterocycles. The second-order valence-electron chi connectivity index (χ2n) is 6.11. The summed E-state index contributed by atoms with van der Waals surface area (Å²) in [7, 11) is 0. The lowest BCUT2D eigenvalue weighted by Crippen LogP contribution is -2.38. The molecule has 8 nitrogen and oxygen atoms in total. The van der Waals surface area contributed by atoms with E-state index in [1.54, 1.807) is 4.90 Å². The van der Waals surface area contributed by atoms with Gasteiger partial charge in [0.15, 0.2) is 17.3 Å². The molecule has 2 heterocycles. The third-order valence-electron chi connectivity index (χ3n) is 4.30. The van der Waals surface area contributed by atoms with Crippen molar-refractivity contribution in [3.8, 4) is 5.75 Å². The first-order chi connectivity index (χ1) is 13.3. The van der Waals surface area contributed by atoms with Crippen LogP contribution in [0.3, 0.4) is 0 Å².